The number of rotatable bonds is 3. The summed E-state index contributed by atoms with van der Waals surface area (Å²) in [6, 6.07) is 9.33. The molecule has 1 N–H and O–H groups in total. The van der Waals surface area contributed by atoms with Gasteiger partial charge in [0.25, 0.3) is 0 Å². The molecule has 6 nitrogen and oxygen atoms in total. The molecule has 2 aromatic heterocycles. The van der Waals surface area contributed by atoms with Crippen molar-refractivity contribution in [2.24, 2.45) is 0 Å². The molecule has 6 heteroatoms. The maximum absolute atomic E-state index is 10.7. The minimum absolute atomic E-state index is 0.130. The number of hydrogen-bond acceptors (Lipinski definition) is 5. The van der Waals surface area contributed by atoms with Gasteiger partial charge in [0.05, 0.1) is 11.7 Å². The summed E-state index contributed by atoms with van der Waals surface area (Å²) < 4.78 is 10.2. The number of hydrogen-bond donors (Lipinski definition) is 1. The Morgan fingerprint density at radius 2 is 2.16 bits per heavy atom. The summed E-state index contributed by atoms with van der Waals surface area (Å²) in [5.74, 6) is -0.743. The molecular formula is C13H8N2O4. The molecule has 3 rings (SSSR count). The number of carboxylic acids is 1. The average molecular weight is 256 g/mol. The Morgan fingerprint density at radius 3 is 2.95 bits per heavy atom. The van der Waals surface area contributed by atoms with Crippen LogP contribution in [0, 0.1) is 0 Å². The summed E-state index contributed by atoms with van der Waals surface area (Å²) in [5, 5.41) is 9.62. The molecule has 3 aromatic rings. The monoisotopic (exact) mass is 256 g/mol. The van der Waals surface area contributed by atoms with E-state index in [1.807, 2.05) is 24.3 Å². The van der Waals surface area contributed by atoms with E-state index in [-0.39, 0.29) is 11.8 Å². The van der Waals surface area contributed by atoms with Gasteiger partial charge in [0.1, 0.15) is 6.26 Å². The molecule has 0 aliphatic carbocycles. The van der Waals surface area contributed by atoms with Crippen LogP contribution in [-0.4, -0.2) is 21.0 Å². The lowest BCUT2D eigenvalue weighted by molar-refractivity contribution is 0.0690. The van der Waals surface area contributed by atoms with Gasteiger partial charge in [-0.1, -0.05) is 18.2 Å². The predicted octanol–water partition coefficient (Wildman–Crippen LogP) is 2.71. The van der Waals surface area contributed by atoms with Crippen molar-refractivity contribution in [1.29, 1.82) is 0 Å². The summed E-state index contributed by atoms with van der Waals surface area (Å²) in [5.41, 5.74) is 0.636. The van der Waals surface area contributed by atoms with E-state index < -0.39 is 5.97 Å². The third kappa shape index (κ3) is 2.23. The molecule has 0 unspecified atom stereocenters. The van der Waals surface area contributed by atoms with Crippen molar-refractivity contribution in [2.75, 3.05) is 0 Å². The summed E-state index contributed by atoms with van der Waals surface area (Å²) in [6.45, 7) is 0. The van der Waals surface area contributed by atoms with Gasteiger partial charge in [-0.05, 0) is 12.1 Å². The quantitative estimate of drug-likeness (QED) is 0.775. The van der Waals surface area contributed by atoms with Crippen LogP contribution in [0.2, 0.25) is 0 Å². The second kappa shape index (κ2) is 4.41. The van der Waals surface area contributed by atoms with Gasteiger partial charge in [0, 0.05) is 5.39 Å². The highest BCUT2D eigenvalue weighted by Gasteiger charge is 2.12. The summed E-state index contributed by atoms with van der Waals surface area (Å²) >= 11 is 0. The van der Waals surface area contributed by atoms with E-state index >= 15 is 0 Å². The molecule has 0 aliphatic rings. The standard InChI is InChI=1S/C13H8N2O4/c16-12(17)11-7-18-13(15-11)19-9-5-8-3-1-2-4-10(8)14-6-9/h1-7H,(H,16,17). The Kier molecular flexibility index (Phi) is 2.60. The lowest BCUT2D eigenvalue weighted by Gasteiger charge is -2.01. The average Bonchev–Trinajstić information content (AvgIpc) is 2.87. The summed E-state index contributed by atoms with van der Waals surface area (Å²) in [4.78, 5) is 18.5. The number of para-hydroxylation sites is 1. The molecule has 0 fully saturated rings. The van der Waals surface area contributed by atoms with Crippen molar-refractivity contribution in [3.63, 3.8) is 0 Å². The molecule has 0 spiro atoms. The fourth-order valence-electron chi connectivity index (χ4n) is 1.61. The zero-order chi connectivity index (χ0) is 13.2. The summed E-state index contributed by atoms with van der Waals surface area (Å²) in [6.07, 6.45) is 2.41. The topological polar surface area (TPSA) is 85.5 Å². The molecule has 94 valence electrons. The summed E-state index contributed by atoms with van der Waals surface area (Å²) in [7, 11) is 0. The van der Waals surface area contributed by atoms with Crippen LogP contribution in [-0.2, 0) is 0 Å². The minimum Gasteiger partial charge on any atom is -0.476 e. The van der Waals surface area contributed by atoms with Crippen LogP contribution in [0.4, 0.5) is 0 Å². The fourth-order valence-corrected chi connectivity index (χ4v) is 1.61. The minimum atomic E-state index is -1.17. The van der Waals surface area contributed by atoms with E-state index in [0.717, 1.165) is 17.2 Å². The number of pyridine rings is 1. The zero-order valence-corrected chi connectivity index (χ0v) is 9.61. The number of fused-ring (bicyclic) bond motifs is 1. The Balaban J connectivity index is 1.89. The van der Waals surface area contributed by atoms with Gasteiger partial charge in [0.15, 0.2) is 11.4 Å². The van der Waals surface area contributed by atoms with E-state index in [9.17, 15) is 4.79 Å². The highest BCUT2D eigenvalue weighted by molar-refractivity contribution is 5.84. The van der Waals surface area contributed by atoms with Gasteiger partial charge in [-0.3, -0.25) is 4.98 Å². The molecule has 1 aromatic carbocycles. The highest BCUT2D eigenvalue weighted by Crippen LogP contribution is 2.23. The fraction of sp³-hybridized carbons (Fsp3) is 0. The number of oxazole rings is 1. The van der Waals surface area contributed by atoms with Crippen LogP contribution < -0.4 is 4.74 Å². The Labute approximate surface area is 107 Å². The smallest absolute Gasteiger partial charge is 0.399 e. The van der Waals surface area contributed by atoms with Crippen molar-refractivity contribution >= 4 is 16.9 Å². The number of aromatic nitrogens is 2. The van der Waals surface area contributed by atoms with E-state index in [1.54, 1.807) is 6.07 Å². The second-order valence-corrected chi connectivity index (χ2v) is 3.77. The van der Waals surface area contributed by atoms with Gasteiger partial charge in [-0.15, -0.1) is 0 Å². The first-order chi connectivity index (χ1) is 9.22. The molecule has 0 radical (unpaired) electrons. The first kappa shape index (κ1) is 11.2. The third-order valence-corrected chi connectivity index (χ3v) is 2.47. The van der Waals surface area contributed by atoms with E-state index in [0.29, 0.717) is 5.75 Å². The van der Waals surface area contributed by atoms with Crippen LogP contribution >= 0.6 is 0 Å². The number of ether oxygens (including phenoxy) is 1. The van der Waals surface area contributed by atoms with Crippen LogP contribution in [0.25, 0.3) is 10.9 Å². The van der Waals surface area contributed by atoms with Crippen molar-refractivity contribution in [3.05, 3.63) is 48.5 Å². The molecular weight excluding hydrogens is 248 g/mol. The Hall–Kier alpha value is -2.89. The van der Waals surface area contributed by atoms with Crippen LogP contribution in [0.3, 0.4) is 0 Å². The first-order valence-corrected chi connectivity index (χ1v) is 5.44. The highest BCUT2D eigenvalue weighted by atomic mass is 16.6. The van der Waals surface area contributed by atoms with Gasteiger partial charge in [-0.2, -0.15) is 4.98 Å². The predicted molar refractivity (Wildman–Crippen MR) is 65.3 cm³/mol. The van der Waals surface area contributed by atoms with E-state index in [2.05, 4.69) is 9.97 Å². The molecule has 0 atom stereocenters. The van der Waals surface area contributed by atoms with Crippen LogP contribution in [0.5, 0.6) is 11.8 Å². The van der Waals surface area contributed by atoms with Crippen molar-refractivity contribution in [1.82, 2.24) is 9.97 Å². The van der Waals surface area contributed by atoms with Crippen LogP contribution in [0.15, 0.2) is 47.2 Å². The van der Waals surface area contributed by atoms with Crippen molar-refractivity contribution in [2.45, 2.75) is 0 Å². The maximum atomic E-state index is 10.7. The largest absolute Gasteiger partial charge is 0.476 e. The van der Waals surface area contributed by atoms with Crippen molar-refractivity contribution < 1.29 is 19.1 Å². The van der Waals surface area contributed by atoms with Crippen molar-refractivity contribution in [3.8, 4) is 11.8 Å². The number of nitrogens with zero attached hydrogens (tertiary/aromatic N) is 2. The van der Waals surface area contributed by atoms with Gasteiger partial charge < -0.3 is 14.3 Å². The zero-order valence-electron chi connectivity index (χ0n) is 9.61. The lowest BCUT2D eigenvalue weighted by atomic mass is 10.2. The number of aromatic carboxylic acids is 1. The first-order valence-electron chi connectivity index (χ1n) is 5.44. The number of carboxylic acid groups (broad SMARTS) is 1. The lowest BCUT2D eigenvalue weighted by Crippen LogP contribution is -1.95. The molecule has 0 saturated heterocycles. The van der Waals surface area contributed by atoms with Crippen LogP contribution in [0.1, 0.15) is 10.5 Å². The third-order valence-electron chi connectivity index (χ3n) is 2.47. The van der Waals surface area contributed by atoms with Gasteiger partial charge >= 0.3 is 12.0 Å². The molecule has 0 saturated carbocycles. The molecule has 2 heterocycles. The van der Waals surface area contributed by atoms with E-state index in [4.69, 9.17) is 14.3 Å². The molecule has 0 amide bonds. The Bertz CT molecular complexity index is 751. The normalized spacial score (nSPS) is 10.5. The molecule has 0 aliphatic heterocycles. The molecule has 0 bridgehead atoms. The SMILES string of the molecule is O=C(O)c1coc(Oc2cnc3ccccc3c2)n1. The van der Waals surface area contributed by atoms with Gasteiger partial charge in [0.2, 0.25) is 0 Å². The number of carbonyl (C=O) groups is 1. The number of benzene rings is 1. The Morgan fingerprint density at radius 1 is 1.32 bits per heavy atom. The van der Waals surface area contributed by atoms with E-state index in [1.165, 1.54) is 6.20 Å². The van der Waals surface area contributed by atoms with Gasteiger partial charge in [-0.25, -0.2) is 4.79 Å². The second-order valence-electron chi connectivity index (χ2n) is 3.77. The maximum Gasteiger partial charge on any atom is 0.399 e. The molecule has 19 heavy (non-hydrogen) atoms.